The fourth-order valence-electron chi connectivity index (χ4n) is 2.03. The molecule has 1 aromatic rings. The van der Waals surface area contributed by atoms with Crippen LogP contribution in [-0.2, 0) is 14.2 Å². The summed E-state index contributed by atoms with van der Waals surface area (Å²) >= 11 is 0. The van der Waals surface area contributed by atoms with E-state index in [0.29, 0.717) is 6.79 Å². The third kappa shape index (κ3) is 3.80. The molecule has 124 valence electrons. The number of hydrogen-bond donors (Lipinski definition) is 4. The van der Waals surface area contributed by atoms with Crippen molar-refractivity contribution in [2.75, 3.05) is 26.6 Å². The first kappa shape index (κ1) is 16.8. The second-order valence-electron chi connectivity index (χ2n) is 4.68. The standard InChI is InChI=1S/C9H12N2O6.C3H6O2/c12-3-4-6(14)7(15)8(17-4)11-2-1-5(13)10-9(11)16;1-2-5-3-4-1/h1-2,4,6-8,12,14-15H,3H2,(H,10,13,16);1-3H2/t4-,6-,7-,8-;/m1./s1. The molecule has 0 saturated carbocycles. The second kappa shape index (κ2) is 7.63. The number of rotatable bonds is 2. The third-order valence-corrected chi connectivity index (χ3v) is 3.18. The van der Waals surface area contributed by atoms with Gasteiger partial charge in [-0.3, -0.25) is 14.3 Å². The van der Waals surface area contributed by atoms with Crippen LogP contribution in [-0.4, -0.2) is 69.8 Å². The van der Waals surface area contributed by atoms with Gasteiger partial charge in [-0.05, 0) is 0 Å². The summed E-state index contributed by atoms with van der Waals surface area (Å²) in [4.78, 5) is 24.3. The Morgan fingerprint density at radius 2 is 1.91 bits per heavy atom. The zero-order chi connectivity index (χ0) is 16.1. The van der Waals surface area contributed by atoms with Gasteiger partial charge in [0.25, 0.3) is 5.56 Å². The molecule has 4 atom stereocenters. The number of H-pyrrole nitrogens is 1. The Hall–Kier alpha value is -1.56. The van der Waals surface area contributed by atoms with Gasteiger partial charge in [-0.25, -0.2) is 4.79 Å². The number of nitrogens with one attached hydrogen (secondary N) is 1. The molecule has 10 nitrogen and oxygen atoms in total. The summed E-state index contributed by atoms with van der Waals surface area (Å²) in [5.74, 6) is 0. The molecule has 2 fully saturated rings. The van der Waals surface area contributed by atoms with Crippen LogP contribution in [0.15, 0.2) is 21.9 Å². The molecule has 22 heavy (non-hydrogen) atoms. The quantitative estimate of drug-likeness (QED) is 0.456. The van der Waals surface area contributed by atoms with Gasteiger partial charge < -0.3 is 29.5 Å². The molecule has 0 radical (unpaired) electrons. The molecule has 0 aliphatic carbocycles. The lowest BCUT2D eigenvalue weighted by molar-refractivity contribution is -0.0550. The lowest BCUT2D eigenvalue weighted by Crippen LogP contribution is -2.37. The monoisotopic (exact) mass is 318 g/mol. The van der Waals surface area contributed by atoms with Crippen molar-refractivity contribution in [3.8, 4) is 0 Å². The van der Waals surface area contributed by atoms with E-state index in [0.717, 1.165) is 30.0 Å². The van der Waals surface area contributed by atoms with Crippen molar-refractivity contribution in [3.63, 3.8) is 0 Å². The van der Waals surface area contributed by atoms with Crippen LogP contribution in [0.3, 0.4) is 0 Å². The van der Waals surface area contributed by atoms with E-state index in [1.165, 1.54) is 0 Å². The molecular formula is C12H18N2O8. The predicted molar refractivity (Wildman–Crippen MR) is 71.1 cm³/mol. The topological polar surface area (TPSA) is 143 Å². The van der Waals surface area contributed by atoms with Gasteiger partial charge in [0.05, 0.1) is 19.8 Å². The van der Waals surface area contributed by atoms with Crippen LogP contribution in [0.1, 0.15) is 6.23 Å². The minimum atomic E-state index is -1.35. The molecule has 0 unspecified atom stereocenters. The van der Waals surface area contributed by atoms with Gasteiger partial charge in [-0.15, -0.1) is 0 Å². The normalized spacial score (nSPS) is 30.9. The summed E-state index contributed by atoms with van der Waals surface area (Å²) in [6.45, 7) is 1.58. The van der Waals surface area contributed by atoms with Crippen LogP contribution in [0, 0.1) is 0 Å². The Morgan fingerprint density at radius 3 is 2.36 bits per heavy atom. The van der Waals surface area contributed by atoms with Crippen molar-refractivity contribution in [3.05, 3.63) is 33.1 Å². The lowest BCUT2D eigenvalue weighted by Gasteiger charge is -2.16. The Kier molecular flexibility index (Phi) is 5.83. The summed E-state index contributed by atoms with van der Waals surface area (Å²) < 4.78 is 15.5. The highest BCUT2D eigenvalue weighted by Gasteiger charge is 2.43. The van der Waals surface area contributed by atoms with Gasteiger partial charge in [0.15, 0.2) is 6.23 Å². The lowest BCUT2D eigenvalue weighted by atomic mass is 10.1. The fourth-order valence-corrected chi connectivity index (χ4v) is 2.03. The minimum absolute atomic E-state index is 0.479. The highest BCUT2D eigenvalue weighted by Crippen LogP contribution is 2.27. The summed E-state index contributed by atoms with van der Waals surface area (Å²) in [7, 11) is 0. The van der Waals surface area contributed by atoms with E-state index in [-0.39, 0.29) is 0 Å². The Balaban J connectivity index is 0.000000299. The first-order valence-electron chi connectivity index (χ1n) is 6.64. The van der Waals surface area contributed by atoms with E-state index in [4.69, 9.17) is 19.3 Å². The predicted octanol–water partition coefficient (Wildman–Crippen LogP) is -2.86. The van der Waals surface area contributed by atoms with Gasteiger partial charge in [0.2, 0.25) is 0 Å². The molecule has 10 heteroatoms. The first-order valence-corrected chi connectivity index (χ1v) is 6.64. The van der Waals surface area contributed by atoms with Crippen LogP contribution in [0.2, 0.25) is 0 Å². The van der Waals surface area contributed by atoms with Gasteiger partial charge in [-0.1, -0.05) is 0 Å². The largest absolute Gasteiger partial charge is 0.394 e. The average Bonchev–Trinajstić information content (AvgIpc) is 3.14. The average molecular weight is 318 g/mol. The van der Waals surface area contributed by atoms with Gasteiger partial charge in [0, 0.05) is 12.3 Å². The number of aliphatic hydroxyl groups is 3. The maximum absolute atomic E-state index is 11.4. The number of hydrogen-bond acceptors (Lipinski definition) is 8. The SMILES string of the molecule is C1COCO1.O=c1ccn([C@@H]2O[C@H](CO)[C@@H](O)[C@H]2O)c(=O)[nH]1. The molecule has 4 N–H and O–H groups in total. The van der Waals surface area contributed by atoms with Gasteiger partial charge >= 0.3 is 5.69 Å². The zero-order valence-electron chi connectivity index (χ0n) is 11.6. The van der Waals surface area contributed by atoms with Crippen LogP contribution in [0.5, 0.6) is 0 Å². The molecule has 2 saturated heterocycles. The molecule has 2 aliphatic heterocycles. The van der Waals surface area contributed by atoms with Crippen molar-refractivity contribution in [1.29, 1.82) is 0 Å². The highest BCUT2D eigenvalue weighted by molar-refractivity contribution is 4.92. The molecule has 0 spiro atoms. The number of ether oxygens (including phenoxy) is 3. The van der Waals surface area contributed by atoms with Crippen molar-refractivity contribution < 1.29 is 29.5 Å². The maximum Gasteiger partial charge on any atom is 0.330 e. The molecule has 2 aliphatic rings. The second-order valence-corrected chi connectivity index (χ2v) is 4.68. The fraction of sp³-hybridized carbons (Fsp3) is 0.667. The van der Waals surface area contributed by atoms with Crippen molar-refractivity contribution in [1.82, 2.24) is 9.55 Å². The molecule has 0 amide bonds. The number of aromatic nitrogens is 2. The molecule has 3 heterocycles. The molecule has 0 bridgehead atoms. The van der Waals surface area contributed by atoms with Gasteiger partial charge in [0.1, 0.15) is 25.1 Å². The smallest absolute Gasteiger partial charge is 0.330 e. The summed E-state index contributed by atoms with van der Waals surface area (Å²) in [5, 5.41) is 28.1. The molecule has 3 rings (SSSR count). The summed E-state index contributed by atoms with van der Waals surface area (Å²) in [6.07, 6.45) is -3.58. The van der Waals surface area contributed by atoms with E-state index in [1.54, 1.807) is 0 Å². The number of aliphatic hydroxyl groups excluding tert-OH is 3. The van der Waals surface area contributed by atoms with Crippen molar-refractivity contribution in [2.24, 2.45) is 0 Å². The molecule has 1 aromatic heterocycles. The maximum atomic E-state index is 11.4. The van der Waals surface area contributed by atoms with Crippen LogP contribution < -0.4 is 11.2 Å². The molecule has 0 aromatic carbocycles. The van der Waals surface area contributed by atoms with E-state index >= 15 is 0 Å². The summed E-state index contributed by atoms with van der Waals surface area (Å²) in [5.41, 5.74) is -1.33. The van der Waals surface area contributed by atoms with Crippen molar-refractivity contribution in [2.45, 2.75) is 24.5 Å². The van der Waals surface area contributed by atoms with E-state index < -0.39 is 42.4 Å². The Labute approximate surface area is 124 Å². The number of nitrogens with zero attached hydrogens (tertiary/aromatic N) is 1. The van der Waals surface area contributed by atoms with Gasteiger partial charge in [-0.2, -0.15) is 0 Å². The summed E-state index contributed by atoms with van der Waals surface area (Å²) in [6, 6.07) is 1.09. The minimum Gasteiger partial charge on any atom is -0.394 e. The van der Waals surface area contributed by atoms with E-state index in [9.17, 15) is 19.8 Å². The Bertz CT molecular complexity index is 573. The Morgan fingerprint density at radius 1 is 1.23 bits per heavy atom. The zero-order valence-corrected chi connectivity index (χ0v) is 11.6. The van der Waals surface area contributed by atoms with Crippen LogP contribution in [0.4, 0.5) is 0 Å². The van der Waals surface area contributed by atoms with Crippen molar-refractivity contribution >= 4 is 0 Å². The number of aromatic amines is 1. The third-order valence-electron chi connectivity index (χ3n) is 3.18. The van der Waals surface area contributed by atoms with Crippen LogP contribution >= 0.6 is 0 Å². The van der Waals surface area contributed by atoms with Crippen LogP contribution in [0.25, 0.3) is 0 Å². The molecular weight excluding hydrogens is 300 g/mol. The first-order chi connectivity index (χ1) is 10.5. The highest BCUT2D eigenvalue weighted by atomic mass is 16.7. The van der Waals surface area contributed by atoms with E-state index in [1.807, 2.05) is 4.98 Å². The van der Waals surface area contributed by atoms with E-state index in [2.05, 4.69) is 0 Å².